The quantitative estimate of drug-likeness (QED) is 0.210. The van der Waals surface area contributed by atoms with Gasteiger partial charge in [-0.1, -0.05) is 49.8 Å². The largest absolute Gasteiger partial charge is 0.491 e. The standard InChI is InChI=1S/C26H32ClNO2.C2H6/c1-3-4-5-6-15-28-18-22(12-8-11-21-10-7-9-20(2)16-21)19-30-25-14-13-23(26(27)29)17-24(25)28;1-2/h3,7,9-10,13-14,16-17,22H,1,4-6,8,11-12,15,18-19H2,2H3;1-2H3. The van der Waals surface area contributed by atoms with Crippen molar-refractivity contribution in [1.82, 2.24) is 0 Å². The molecule has 1 heterocycles. The van der Waals surface area contributed by atoms with E-state index in [4.69, 9.17) is 16.3 Å². The van der Waals surface area contributed by atoms with Crippen molar-refractivity contribution < 1.29 is 9.53 Å². The second-order valence-electron chi connectivity index (χ2n) is 8.24. The van der Waals surface area contributed by atoms with Crippen molar-refractivity contribution in [2.24, 2.45) is 5.92 Å². The third-order valence-electron chi connectivity index (χ3n) is 5.73. The van der Waals surface area contributed by atoms with Gasteiger partial charge in [-0.3, -0.25) is 4.79 Å². The molecule has 0 bridgehead atoms. The van der Waals surface area contributed by atoms with Gasteiger partial charge < -0.3 is 9.64 Å². The summed E-state index contributed by atoms with van der Waals surface area (Å²) in [7, 11) is 0. The van der Waals surface area contributed by atoms with Crippen LogP contribution in [0.1, 0.15) is 67.4 Å². The van der Waals surface area contributed by atoms with E-state index in [1.165, 1.54) is 11.1 Å². The molecule has 0 fully saturated rings. The maximum atomic E-state index is 11.7. The lowest BCUT2D eigenvalue weighted by Crippen LogP contribution is -2.31. The molecule has 0 aliphatic carbocycles. The predicted molar refractivity (Wildman–Crippen MR) is 137 cm³/mol. The maximum absolute atomic E-state index is 11.7. The van der Waals surface area contributed by atoms with Crippen LogP contribution in [-0.4, -0.2) is 24.9 Å². The Labute approximate surface area is 199 Å². The first-order valence-corrected chi connectivity index (χ1v) is 12.3. The second kappa shape index (κ2) is 14.0. The Kier molecular flexibility index (Phi) is 11.4. The van der Waals surface area contributed by atoms with Crippen molar-refractivity contribution in [3.63, 3.8) is 0 Å². The van der Waals surface area contributed by atoms with Crippen LogP contribution in [0.3, 0.4) is 0 Å². The van der Waals surface area contributed by atoms with E-state index in [0.717, 1.165) is 63.1 Å². The van der Waals surface area contributed by atoms with Gasteiger partial charge in [-0.25, -0.2) is 0 Å². The number of nitrogens with zero attached hydrogens (tertiary/aromatic N) is 1. The number of unbranched alkanes of at least 4 members (excludes halogenated alkanes) is 2. The first-order valence-electron chi connectivity index (χ1n) is 11.9. The molecule has 3 nitrogen and oxygen atoms in total. The molecule has 0 aromatic heterocycles. The van der Waals surface area contributed by atoms with E-state index in [2.05, 4.69) is 42.7 Å². The summed E-state index contributed by atoms with van der Waals surface area (Å²) in [5.74, 6) is 1.30. The molecule has 4 heteroatoms. The van der Waals surface area contributed by atoms with Gasteiger partial charge >= 0.3 is 0 Å². The molecule has 0 amide bonds. The van der Waals surface area contributed by atoms with E-state index in [0.29, 0.717) is 18.1 Å². The summed E-state index contributed by atoms with van der Waals surface area (Å²) in [6.45, 7) is 12.5. The van der Waals surface area contributed by atoms with Gasteiger partial charge in [0.25, 0.3) is 5.24 Å². The molecular formula is C28H38ClNO2. The van der Waals surface area contributed by atoms with Crippen LogP contribution in [0.15, 0.2) is 55.1 Å². The van der Waals surface area contributed by atoms with E-state index < -0.39 is 5.24 Å². The zero-order valence-electron chi connectivity index (χ0n) is 19.9. The molecule has 0 saturated heterocycles. The van der Waals surface area contributed by atoms with Gasteiger partial charge in [0.2, 0.25) is 0 Å². The molecule has 3 rings (SSSR count). The number of halogens is 1. The molecule has 2 aromatic carbocycles. The van der Waals surface area contributed by atoms with Gasteiger partial charge in [0.05, 0.1) is 12.3 Å². The number of benzene rings is 2. The van der Waals surface area contributed by atoms with E-state index in [1.54, 1.807) is 6.07 Å². The molecule has 1 atom stereocenters. The number of carbonyl (C=O) groups excluding carboxylic acids is 1. The minimum absolute atomic E-state index is 0.427. The molecule has 0 saturated carbocycles. The summed E-state index contributed by atoms with van der Waals surface area (Å²) in [6, 6.07) is 14.3. The van der Waals surface area contributed by atoms with Crippen molar-refractivity contribution in [1.29, 1.82) is 0 Å². The fourth-order valence-corrected chi connectivity index (χ4v) is 4.24. The lowest BCUT2D eigenvalue weighted by Gasteiger charge is -2.27. The molecule has 0 N–H and O–H groups in total. The zero-order valence-corrected chi connectivity index (χ0v) is 20.7. The minimum atomic E-state index is -0.427. The highest BCUT2D eigenvalue weighted by molar-refractivity contribution is 6.67. The molecule has 1 aliphatic heterocycles. The highest BCUT2D eigenvalue weighted by atomic mass is 35.5. The summed E-state index contributed by atoms with van der Waals surface area (Å²) < 4.78 is 6.16. The van der Waals surface area contributed by atoms with Gasteiger partial charge in [0.1, 0.15) is 5.75 Å². The van der Waals surface area contributed by atoms with Gasteiger partial charge in [0.15, 0.2) is 0 Å². The van der Waals surface area contributed by atoms with Crippen LogP contribution in [0.25, 0.3) is 0 Å². The third-order valence-corrected chi connectivity index (χ3v) is 5.94. The Hall–Kier alpha value is -2.26. The van der Waals surface area contributed by atoms with E-state index in [1.807, 2.05) is 32.1 Å². The van der Waals surface area contributed by atoms with Crippen LogP contribution in [0.5, 0.6) is 5.75 Å². The van der Waals surface area contributed by atoms with Crippen molar-refractivity contribution in [3.05, 3.63) is 71.8 Å². The molecule has 1 unspecified atom stereocenters. The molecule has 174 valence electrons. The summed E-state index contributed by atoms with van der Waals surface area (Å²) in [4.78, 5) is 14.1. The number of ether oxygens (including phenoxy) is 1. The lowest BCUT2D eigenvalue weighted by atomic mass is 9.98. The molecule has 0 spiro atoms. The van der Waals surface area contributed by atoms with E-state index in [-0.39, 0.29) is 0 Å². The number of anilines is 1. The van der Waals surface area contributed by atoms with Crippen molar-refractivity contribution >= 4 is 22.5 Å². The van der Waals surface area contributed by atoms with Gasteiger partial charge in [-0.15, -0.1) is 6.58 Å². The van der Waals surface area contributed by atoms with Gasteiger partial charge in [0, 0.05) is 24.6 Å². The van der Waals surface area contributed by atoms with Crippen LogP contribution >= 0.6 is 11.6 Å². The summed E-state index contributed by atoms with van der Waals surface area (Å²) in [5, 5.41) is -0.427. The number of rotatable bonds is 10. The number of allylic oxidation sites excluding steroid dienone is 1. The number of hydrogen-bond acceptors (Lipinski definition) is 3. The van der Waals surface area contributed by atoms with E-state index in [9.17, 15) is 4.79 Å². The Balaban J connectivity index is 0.00000176. The Morgan fingerprint density at radius 2 is 2.00 bits per heavy atom. The summed E-state index contributed by atoms with van der Waals surface area (Å²) >= 11 is 5.74. The molecule has 32 heavy (non-hydrogen) atoms. The second-order valence-corrected chi connectivity index (χ2v) is 8.59. The third kappa shape index (κ3) is 8.02. The molecule has 2 aromatic rings. The van der Waals surface area contributed by atoms with E-state index >= 15 is 0 Å². The Morgan fingerprint density at radius 1 is 1.19 bits per heavy atom. The number of aryl methyl sites for hydroxylation is 2. The number of carbonyl (C=O) groups is 1. The average molecular weight is 456 g/mol. The van der Waals surface area contributed by atoms with Gasteiger partial charge in [-0.05, 0) is 80.8 Å². The van der Waals surface area contributed by atoms with Crippen molar-refractivity contribution in [2.45, 2.75) is 59.3 Å². The van der Waals surface area contributed by atoms with Crippen LogP contribution in [-0.2, 0) is 6.42 Å². The van der Waals surface area contributed by atoms with Gasteiger partial charge in [-0.2, -0.15) is 0 Å². The van der Waals surface area contributed by atoms with Crippen LogP contribution in [0.4, 0.5) is 5.69 Å². The average Bonchev–Trinajstić information content (AvgIpc) is 2.97. The first kappa shape index (κ1) is 26.0. The fraction of sp³-hybridized carbons (Fsp3) is 0.464. The van der Waals surface area contributed by atoms with Crippen LogP contribution < -0.4 is 9.64 Å². The minimum Gasteiger partial charge on any atom is -0.491 e. The Morgan fingerprint density at radius 3 is 2.72 bits per heavy atom. The van der Waals surface area contributed by atoms with Crippen molar-refractivity contribution in [2.75, 3.05) is 24.6 Å². The SMILES string of the molecule is C=CCCCCN1CC(CCCc2cccc(C)c2)COc2ccc(C(=O)Cl)cc21.CC. The smallest absolute Gasteiger partial charge is 0.252 e. The maximum Gasteiger partial charge on any atom is 0.252 e. The number of hydrogen-bond donors (Lipinski definition) is 0. The molecular weight excluding hydrogens is 418 g/mol. The topological polar surface area (TPSA) is 29.5 Å². The zero-order chi connectivity index (χ0) is 23.3. The highest BCUT2D eigenvalue weighted by Crippen LogP contribution is 2.34. The summed E-state index contributed by atoms with van der Waals surface area (Å²) in [6.07, 6.45) is 8.54. The first-order chi connectivity index (χ1) is 15.6. The monoisotopic (exact) mass is 455 g/mol. The predicted octanol–water partition coefficient (Wildman–Crippen LogP) is 7.59. The lowest BCUT2D eigenvalue weighted by molar-refractivity contribution is 0.108. The normalized spacial score (nSPS) is 15.0. The summed E-state index contributed by atoms with van der Waals surface area (Å²) in [5.41, 5.74) is 4.23. The molecule has 1 aliphatic rings. The fourth-order valence-electron chi connectivity index (χ4n) is 4.12. The van der Waals surface area contributed by atoms with Crippen LogP contribution in [0, 0.1) is 12.8 Å². The van der Waals surface area contributed by atoms with Crippen molar-refractivity contribution in [3.8, 4) is 5.75 Å². The van der Waals surface area contributed by atoms with Crippen LogP contribution in [0.2, 0.25) is 0 Å². The Bertz CT molecular complexity index is 864. The highest BCUT2D eigenvalue weighted by Gasteiger charge is 2.23. The number of fused-ring (bicyclic) bond motifs is 1. The molecule has 0 radical (unpaired) electrons.